The van der Waals surface area contributed by atoms with Crippen LogP contribution >= 0.6 is 11.3 Å². The van der Waals surface area contributed by atoms with E-state index < -0.39 is 5.97 Å². The number of aromatic nitrogens is 1. The van der Waals surface area contributed by atoms with Crippen molar-refractivity contribution < 1.29 is 14.7 Å². The first-order valence-corrected chi connectivity index (χ1v) is 7.43. The van der Waals surface area contributed by atoms with Gasteiger partial charge in [0.1, 0.15) is 4.88 Å². The number of carbonyl (C=O) groups excluding carboxylic acids is 1. The fourth-order valence-electron chi connectivity index (χ4n) is 2.67. The highest BCUT2D eigenvalue weighted by Crippen LogP contribution is 2.39. The van der Waals surface area contributed by atoms with Crippen LogP contribution in [0, 0.1) is 6.92 Å². The van der Waals surface area contributed by atoms with E-state index in [1.807, 2.05) is 31.2 Å². The Kier molecular flexibility index (Phi) is 3.47. The number of carboxylic acids is 1. The number of amides is 1. The molecule has 2 heterocycles. The molecule has 0 bridgehead atoms. The number of aryl methyl sites for hydroxylation is 1. The Balaban J connectivity index is 1.94. The number of hydrogen-bond acceptors (Lipinski definition) is 4. The summed E-state index contributed by atoms with van der Waals surface area (Å²) in [6.45, 7) is 2.26. The summed E-state index contributed by atoms with van der Waals surface area (Å²) in [6.07, 6.45) is 1.61. The maximum absolute atomic E-state index is 12.6. The van der Waals surface area contributed by atoms with Crippen molar-refractivity contribution in [3.8, 4) is 0 Å². The third kappa shape index (κ3) is 2.54. The number of benzene rings is 1. The van der Waals surface area contributed by atoms with Gasteiger partial charge in [-0.05, 0) is 18.6 Å². The van der Waals surface area contributed by atoms with Crippen LogP contribution < -0.4 is 4.90 Å². The van der Waals surface area contributed by atoms with Crippen molar-refractivity contribution in [2.75, 3.05) is 11.4 Å². The highest BCUT2D eigenvalue weighted by atomic mass is 32.1. The van der Waals surface area contributed by atoms with Crippen LogP contribution in [0.1, 0.15) is 32.6 Å². The minimum atomic E-state index is -0.849. The first kappa shape index (κ1) is 13.8. The Bertz CT molecular complexity index is 710. The molecular formula is C15H14N2O3S. The van der Waals surface area contributed by atoms with Gasteiger partial charge in [-0.1, -0.05) is 18.2 Å². The second-order valence-corrected chi connectivity index (χ2v) is 6.25. The van der Waals surface area contributed by atoms with E-state index in [-0.39, 0.29) is 18.2 Å². The molecule has 108 valence electrons. The molecule has 0 saturated heterocycles. The number of rotatable bonds is 3. The zero-order valence-corrected chi connectivity index (χ0v) is 12.3. The topological polar surface area (TPSA) is 70.5 Å². The van der Waals surface area contributed by atoms with Crippen molar-refractivity contribution in [3.05, 3.63) is 45.9 Å². The normalized spacial score (nSPS) is 16.8. The minimum absolute atomic E-state index is 0.0303. The van der Waals surface area contributed by atoms with Crippen LogP contribution in [0.15, 0.2) is 30.5 Å². The molecule has 1 unspecified atom stereocenters. The lowest BCUT2D eigenvalue weighted by molar-refractivity contribution is -0.137. The average molecular weight is 302 g/mol. The summed E-state index contributed by atoms with van der Waals surface area (Å²) in [4.78, 5) is 30.0. The molecule has 0 fully saturated rings. The molecular weight excluding hydrogens is 288 g/mol. The molecule has 3 rings (SSSR count). The molecule has 1 N–H and O–H groups in total. The third-order valence-electron chi connectivity index (χ3n) is 3.57. The van der Waals surface area contributed by atoms with E-state index >= 15 is 0 Å². The number of anilines is 1. The predicted molar refractivity (Wildman–Crippen MR) is 80.0 cm³/mol. The summed E-state index contributed by atoms with van der Waals surface area (Å²) in [6, 6.07) is 7.50. The number of aliphatic carboxylic acids is 1. The zero-order valence-electron chi connectivity index (χ0n) is 11.4. The fourth-order valence-corrected chi connectivity index (χ4v) is 3.39. The van der Waals surface area contributed by atoms with Crippen LogP contribution in [-0.4, -0.2) is 28.5 Å². The summed E-state index contributed by atoms with van der Waals surface area (Å²) in [5.74, 6) is -1.12. The molecule has 1 aromatic carbocycles. The molecule has 21 heavy (non-hydrogen) atoms. The van der Waals surface area contributed by atoms with Gasteiger partial charge in [-0.25, -0.2) is 4.98 Å². The van der Waals surface area contributed by atoms with Gasteiger partial charge in [-0.3, -0.25) is 9.59 Å². The Labute approximate surface area is 125 Å². The SMILES string of the molecule is Cc1ncc(C(=O)N2CC(CC(=O)O)c3ccccc32)s1. The molecule has 1 atom stereocenters. The standard InChI is InChI=1S/C15H14N2O3S/c1-9-16-7-13(21-9)15(20)17-8-10(6-14(18)19)11-4-2-3-5-12(11)17/h2-5,7,10H,6,8H2,1H3,(H,18,19). The van der Waals surface area contributed by atoms with E-state index in [1.165, 1.54) is 11.3 Å². The highest BCUT2D eigenvalue weighted by molar-refractivity contribution is 7.13. The predicted octanol–water partition coefficient (Wildman–Crippen LogP) is 2.67. The lowest BCUT2D eigenvalue weighted by Crippen LogP contribution is -2.29. The first-order valence-electron chi connectivity index (χ1n) is 6.61. The van der Waals surface area contributed by atoms with Crippen molar-refractivity contribution in [1.82, 2.24) is 4.98 Å². The summed E-state index contributed by atoms with van der Waals surface area (Å²) in [5.41, 5.74) is 1.73. The number of hydrogen-bond donors (Lipinski definition) is 1. The fraction of sp³-hybridized carbons (Fsp3) is 0.267. The molecule has 0 radical (unpaired) electrons. The molecule has 5 nitrogen and oxygen atoms in total. The second-order valence-electron chi connectivity index (χ2n) is 5.01. The molecule has 1 amide bonds. The Morgan fingerprint density at radius 3 is 2.86 bits per heavy atom. The zero-order chi connectivity index (χ0) is 15.0. The second kappa shape index (κ2) is 5.29. The molecule has 1 aliphatic heterocycles. The summed E-state index contributed by atoms with van der Waals surface area (Å²) in [7, 11) is 0. The molecule has 0 spiro atoms. The van der Waals surface area contributed by atoms with E-state index in [0.717, 1.165) is 16.3 Å². The Hall–Kier alpha value is -2.21. The lowest BCUT2D eigenvalue weighted by Gasteiger charge is -2.16. The minimum Gasteiger partial charge on any atom is -0.481 e. The van der Waals surface area contributed by atoms with Gasteiger partial charge in [0.2, 0.25) is 0 Å². The number of para-hydroxylation sites is 1. The largest absolute Gasteiger partial charge is 0.481 e. The summed E-state index contributed by atoms with van der Waals surface area (Å²) >= 11 is 1.35. The van der Waals surface area contributed by atoms with Crippen molar-refractivity contribution in [3.63, 3.8) is 0 Å². The number of fused-ring (bicyclic) bond motifs is 1. The van der Waals surface area contributed by atoms with Crippen molar-refractivity contribution in [2.45, 2.75) is 19.3 Å². The molecule has 2 aromatic rings. The van der Waals surface area contributed by atoms with Crippen LogP contribution in [0.4, 0.5) is 5.69 Å². The van der Waals surface area contributed by atoms with Gasteiger partial charge in [0.25, 0.3) is 5.91 Å². The van der Waals surface area contributed by atoms with Crippen LogP contribution in [0.2, 0.25) is 0 Å². The smallest absolute Gasteiger partial charge is 0.304 e. The molecule has 1 aliphatic rings. The molecule has 1 aromatic heterocycles. The van der Waals surface area contributed by atoms with Crippen LogP contribution in [0.3, 0.4) is 0 Å². The van der Waals surface area contributed by atoms with E-state index in [4.69, 9.17) is 5.11 Å². The summed E-state index contributed by atoms with van der Waals surface area (Å²) in [5, 5.41) is 9.87. The van der Waals surface area contributed by atoms with E-state index in [1.54, 1.807) is 11.1 Å². The quantitative estimate of drug-likeness (QED) is 0.946. The molecule has 0 aliphatic carbocycles. The third-order valence-corrected chi connectivity index (χ3v) is 4.47. The number of nitrogens with zero attached hydrogens (tertiary/aromatic N) is 2. The van der Waals surface area contributed by atoms with Crippen LogP contribution in [-0.2, 0) is 4.79 Å². The lowest BCUT2D eigenvalue weighted by atomic mass is 9.98. The molecule has 6 heteroatoms. The Morgan fingerprint density at radius 2 is 2.19 bits per heavy atom. The number of carbonyl (C=O) groups is 2. The van der Waals surface area contributed by atoms with Crippen molar-refractivity contribution >= 4 is 28.9 Å². The maximum Gasteiger partial charge on any atom is 0.304 e. The van der Waals surface area contributed by atoms with Crippen LogP contribution in [0.25, 0.3) is 0 Å². The Morgan fingerprint density at radius 1 is 1.43 bits per heavy atom. The average Bonchev–Trinajstić information content (AvgIpc) is 3.03. The maximum atomic E-state index is 12.6. The van der Waals surface area contributed by atoms with Gasteiger partial charge in [0.05, 0.1) is 17.6 Å². The van der Waals surface area contributed by atoms with E-state index in [0.29, 0.717) is 11.4 Å². The first-order chi connectivity index (χ1) is 10.1. The van der Waals surface area contributed by atoms with Crippen LogP contribution in [0.5, 0.6) is 0 Å². The van der Waals surface area contributed by atoms with Crippen molar-refractivity contribution in [2.24, 2.45) is 0 Å². The van der Waals surface area contributed by atoms with Gasteiger partial charge in [0, 0.05) is 18.2 Å². The monoisotopic (exact) mass is 302 g/mol. The van der Waals surface area contributed by atoms with E-state index in [2.05, 4.69) is 4.98 Å². The summed E-state index contributed by atoms with van der Waals surface area (Å²) < 4.78 is 0. The van der Waals surface area contributed by atoms with Gasteiger partial charge >= 0.3 is 5.97 Å². The van der Waals surface area contributed by atoms with Gasteiger partial charge in [-0.15, -0.1) is 11.3 Å². The molecule has 0 saturated carbocycles. The number of thiazole rings is 1. The highest BCUT2D eigenvalue weighted by Gasteiger charge is 2.34. The van der Waals surface area contributed by atoms with E-state index in [9.17, 15) is 9.59 Å². The van der Waals surface area contributed by atoms with Crippen molar-refractivity contribution in [1.29, 1.82) is 0 Å². The van der Waals surface area contributed by atoms with Gasteiger partial charge < -0.3 is 10.0 Å². The van der Waals surface area contributed by atoms with Gasteiger partial charge in [-0.2, -0.15) is 0 Å². The number of carboxylic acid groups (broad SMARTS) is 1. The van der Waals surface area contributed by atoms with Gasteiger partial charge in [0.15, 0.2) is 0 Å².